The number of rotatable bonds is 7. The molecular weight excluding hydrogens is 442 g/mol. The highest BCUT2D eigenvalue weighted by atomic mass is 19.1. The molecule has 1 atom stereocenters. The Bertz CT molecular complexity index is 1280. The van der Waals surface area contributed by atoms with Crippen LogP contribution in [-0.4, -0.2) is 26.4 Å². The van der Waals surface area contributed by atoms with Gasteiger partial charge in [-0.1, -0.05) is 19.4 Å². The number of carbonyl (C=O) groups excluding carboxylic acids is 1. The van der Waals surface area contributed by atoms with Crippen molar-refractivity contribution in [3.8, 4) is 11.4 Å². The van der Waals surface area contributed by atoms with E-state index in [1.54, 1.807) is 17.6 Å². The molecule has 1 N–H and O–H groups in total. The molecule has 0 saturated carbocycles. The summed E-state index contributed by atoms with van der Waals surface area (Å²) in [6.07, 6.45) is 3.75. The molecule has 0 spiro atoms. The standard InChI is InChI=1S/C25H28F2N4O3/c1-4-7-16(3)34-22-14-21(31-25(33)30-11-6-5-8-23(30)29-31)19(27)13-18(22)24(32)28-20-12-17(26)10-9-15(20)2/h9-10,12-14,16H,4-8,11H2,1-3H3,(H,28,32). The molecule has 0 aliphatic carbocycles. The predicted octanol–water partition coefficient (Wildman–Crippen LogP) is 4.78. The average Bonchev–Trinajstić information content (AvgIpc) is 3.13. The van der Waals surface area contributed by atoms with E-state index >= 15 is 4.39 Å². The van der Waals surface area contributed by atoms with Gasteiger partial charge in [0.2, 0.25) is 0 Å². The number of carbonyl (C=O) groups is 1. The zero-order valence-electron chi connectivity index (χ0n) is 19.5. The molecule has 3 aromatic rings. The molecule has 2 heterocycles. The predicted molar refractivity (Wildman–Crippen MR) is 125 cm³/mol. The largest absolute Gasteiger partial charge is 0.490 e. The van der Waals surface area contributed by atoms with E-state index in [1.165, 1.54) is 18.2 Å². The van der Waals surface area contributed by atoms with E-state index < -0.39 is 23.2 Å². The molecule has 180 valence electrons. The fraction of sp³-hybridized carbons (Fsp3) is 0.400. The quantitative estimate of drug-likeness (QED) is 0.539. The number of aryl methyl sites for hydroxylation is 2. The smallest absolute Gasteiger partial charge is 0.350 e. The van der Waals surface area contributed by atoms with Gasteiger partial charge in [-0.05, 0) is 56.9 Å². The van der Waals surface area contributed by atoms with Crippen LogP contribution in [0.15, 0.2) is 35.1 Å². The molecule has 7 nitrogen and oxygen atoms in total. The van der Waals surface area contributed by atoms with E-state index in [4.69, 9.17) is 4.74 Å². The number of amides is 1. The van der Waals surface area contributed by atoms with Crippen molar-refractivity contribution in [2.75, 3.05) is 5.32 Å². The Balaban J connectivity index is 1.77. The highest BCUT2D eigenvalue weighted by Gasteiger charge is 2.24. The first-order valence-corrected chi connectivity index (χ1v) is 11.5. The van der Waals surface area contributed by atoms with Gasteiger partial charge in [0.1, 0.15) is 28.9 Å². The molecule has 0 saturated heterocycles. The van der Waals surface area contributed by atoms with Crippen LogP contribution in [0.25, 0.3) is 5.69 Å². The van der Waals surface area contributed by atoms with Crippen molar-refractivity contribution < 1.29 is 18.3 Å². The SMILES string of the molecule is CCCC(C)Oc1cc(-n2nc3n(c2=O)CCCC3)c(F)cc1C(=O)Nc1cc(F)ccc1C. The maximum Gasteiger partial charge on any atom is 0.350 e. The summed E-state index contributed by atoms with van der Waals surface area (Å²) in [5.41, 5.74) is 0.381. The summed E-state index contributed by atoms with van der Waals surface area (Å²) >= 11 is 0. The van der Waals surface area contributed by atoms with Gasteiger partial charge in [-0.15, -0.1) is 5.10 Å². The summed E-state index contributed by atoms with van der Waals surface area (Å²) in [5, 5.41) is 6.97. The van der Waals surface area contributed by atoms with Crippen LogP contribution in [0.2, 0.25) is 0 Å². The summed E-state index contributed by atoms with van der Waals surface area (Å²) in [5.74, 6) is -1.19. The van der Waals surface area contributed by atoms with Crippen molar-refractivity contribution in [1.82, 2.24) is 14.3 Å². The second-order valence-electron chi connectivity index (χ2n) is 8.65. The Morgan fingerprint density at radius 1 is 1.24 bits per heavy atom. The van der Waals surface area contributed by atoms with Crippen LogP contribution in [0.1, 0.15) is 61.3 Å². The third-order valence-corrected chi connectivity index (χ3v) is 5.96. The minimum absolute atomic E-state index is 0.0510. The number of aromatic nitrogens is 3. The van der Waals surface area contributed by atoms with E-state index in [2.05, 4.69) is 10.4 Å². The minimum Gasteiger partial charge on any atom is -0.490 e. The van der Waals surface area contributed by atoms with Gasteiger partial charge in [0, 0.05) is 24.7 Å². The average molecular weight is 471 g/mol. The third kappa shape index (κ3) is 4.73. The number of hydrogen-bond acceptors (Lipinski definition) is 4. The summed E-state index contributed by atoms with van der Waals surface area (Å²) in [6.45, 7) is 6.13. The van der Waals surface area contributed by atoms with Crippen molar-refractivity contribution >= 4 is 11.6 Å². The van der Waals surface area contributed by atoms with E-state index in [1.807, 2.05) is 13.8 Å². The number of halogens is 2. The van der Waals surface area contributed by atoms with Crippen molar-refractivity contribution in [2.45, 2.75) is 65.5 Å². The van der Waals surface area contributed by atoms with Gasteiger partial charge in [0.05, 0.1) is 11.7 Å². The summed E-state index contributed by atoms with van der Waals surface area (Å²) in [4.78, 5) is 26.0. The topological polar surface area (TPSA) is 78.2 Å². The molecule has 1 amide bonds. The Morgan fingerprint density at radius 3 is 2.76 bits per heavy atom. The Labute approximate surface area is 196 Å². The number of nitrogens with zero attached hydrogens (tertiary/aromatic N) is 3. The highest BCUT2D eigenvalue weighted by Crippen LogP contribution is 2.29. The lowest BCUT2D eigenvalue weighted by Crippen LogP contribution is -2.27. The number of nitrogens with one attached hydrogen (secondary N) is 1. The van der Waals surface area contributed by atoms with Crippen molar-refractivity contribution in [1.29, 1.82) is 0 Å². The molecule has 4 rings (SSSR count). The number of fused-ring (bicyclic) bond motifs is 1. The zero-order chi connectivity index (χ0) is 24.4. The number of hydrogen-bond donors (Lipinski definition) is 1. The van der Waals surface area contributed by atoms with Gasteiger partial charge in [-0.25, -0.2) is 13.6 Å². The van der Waals surface area contributed by atoms with Crippen LogP contribution in [0.3, 0.4) is 0 Å². The summed E-state index contributed by atoms with van der Waals surface area (Å²) in [7, 11) is 0. The first kappa shape index (κ1) is 23.7. The molecule has 0 radical (unpaired) electrons. The molecule has 1 aliphatic rings. The summed E-state index contributed by atoms with van der Waals surface area (Å²) in [6, 6.07) is 6.42. The fourth-order valence-corrected chi connectivity index (χ4v) is 4.14. The molecule has 0 fully saturated rings. The zero-order valence-corrected chi connectivity index (χ0v) is 19.5. The van der Waals surface area contributed by atoms with E-state index in [0.717, 1.165) is 36.4 Å². The van der Waals surface area contributed by atoms with E-state index in [9.17, 15) is 14.0 Å². The molecule has 34 heavy (non-hydrogen) atoms. The van der Waals surface area contributed by atoms with Crippen LogP contribution in [0.4, 0.5) is 14.5 Å². The van der Waals surface area contributed by atoms with Gasteiger partial charge in [-0.3, -0.25) is 9.36 Å². The normalized spacial score (nSPS) is 13.9. The Morgan fingerprint density at radius 2 is 2.03 bits per heavy atom. The molecule has 1 aliphatic heterocycles. The number of benzene rings is 2. The van der Waals surface area contributed by atoms with Gasteiger partial charge >= 0.3 is 5.69 Å². The van der Waals surface area contributed by atoms with E-state index in [0.29, 0.717) is 24.4 Å². The second kappa shape index (κ2) is 9.79. The van der Waals surface area contributed by atoms with E-state index in [-0.39, 0.29) is 28.8 Å². The summed E-state index contributed by atoms with van der Waals surface area (Å²) < 4.78 is 37.6. The number of anilines is 1. The lowest BCUT2D eigenvalue weighted by molar-refractivity contribution is 0.101. The van der Waals surface area contributed by atoms with Gasteiger partial charge in [-0.2, -0.15) is 4.68 Å². The Kier molecular flexibility index (Phi) is 6.81. The van der Waals surface area contributed by atoms with Gasteiger partial charge < -0.3 is 10.1 Å². The molecule has 2 aromatic carbocycles. The molecule has 0 bridgehead atoms. The highest BCUT2D eigenvalue weighted by molar-refractivity contribution is 6.06. The lowest BCUT2D eigenvalue weighted by Gasteiger charge is -2.18. The lowest BCUT2D eigenvalue weighted by atomic mass is 10.1. The van der Waals surface area contributed by atoms with Crippen molar-refractivity contribution in [3.05, 3.63) is 69.4 Å². The molecule has 9 heteroatoms. The fourth-order valence-electron chi connectivity index (χ4n) is 4.14. The molecule has 1 aromatic heterocycles. The van der Waals surface area contributed by atoms with Gasteiger partial charge in [0.25, 0.3) is 5.91 Å². The van der Waals surface area contributed by atoms with Crippen LogP contribution < -0.4 is 15.7 Å². The monoisotopic (exact) mass is 470 g/mol. The maximum atomic E-state index is 15.3. The molecular formula is C25H28F2N4O3. The van der Waals surface area contributed by atoms with Crippen LogP contribution >= 0.6 is 0 Å². The third-order valence-electron chi connectivity index (χ3n) is 5.96. The Hall–Kier alpha value is -3.49. The van der Waals surface area contributed by atoms with Crippen LogP contribution in [0.5, 0.6) is 5.75 Å². The second-order valence-corrected chi connectivity index (χ2v) is 8.65. The first-order chi connectivity index (χ1) is 16.3. The number of ether oxygens (including phenoxy) is 1. The maximum absolute atomic E-state index is 15.3. The van der Waals surface area contributed by atoms with Crippen molar-refractivity contribution in [2.24, 2.45) is 0 Å². The van der Waals surface area contributed by atoms with Crippen molar-refractivity contribution in [3.63, 3.8) is 0 Å². The van der Waals surface area contributed by atoms with Crippen LogP contribution in [-0.2, 0) is 13.0 Å². The first-order valence-electron chi connectivity index (χ1n) is 11.5. The van der Waals surface area contributed by atoms with Gasteiger partial charge in [0.15, 0.2) is 0 Å². The molecule has 1 unspecified atom stereocenters. The minimum atomic E-state index is -0.783. The van der Waals surface area contributed by atoms with Crippen LogP contribution in [0, 0.1) is 18.6 Å².